The molecule has 1 aromatic rings. The highest BCUT2D eigenvalue weighted by atomic mass is 16.5. The van der Waals surface area contributed by atoms with Gasteiger partial charge in [0, 0.05) is 6.04 Å². The average Bonchev–Trinajstić information content (AvgIpc) is 2.16. The van der Waals surface area contributed by atoms with Crippen LogP contribution in [0, 0.1) is 0 Å². The van der Waals surface area contributed by atoms with Crippen molar-refractivity contribution in [2.75, 3.05) is 19.6 Å². The highest BCUT2D eigenvalue weighted by Crippen LogP contribution is 2.24. The van der Waals surface area contributed by atoms with Crippen molar-refractivity contribution in [3.05, 3.63) is 29.8 Å². The molecule has 0 amide bonds. The van der Waals surface area contributed by atoms with Crippen LogP contribution in [0.1, 0.15) is 18.5 Å². The number of hydrogen-bond acceptors (Lipinski definition) is 3. The molecule has 0 saturated heterocycles. The van der Waals surface area contributed by atoms with Crippen molar-refractivity contribution in [2.24, 2.45) is 0 Å². The molecule has 0 aliphatic carbocycles. The molecule has 0 aliphatic heterocycles. The number of para-hydroxylation sites is 1. The van der Waals surface area contributed by atoms with Gasteiger partial charge in [0.25, 0.3) is 0 Å². The Bertz CT molecular complexity index is 273. The molecule has 2 N–H and O–H groups in total. The predicted molar refractivity (Wildman–Crippen MR) is 54.0 cm³/mol. The summed E-state index contributed by atoms with van der Waals surface area (Å²) < 4.78 is 0. The zero-order chi connectivity index (χ0) is 9.84. The first kappa shape index (κ1) is 10.0. The number of benzene rings is 1. The Labute approximate surface area is 78.9 Å². The highest BCUT2D eigenvalue weighted by Gasteiger charge is 2.10. The largest absolute Gasteiger partial charge is 0.303 e. The zero-order valence-corrected chi connectivity index (χ0v) is 8.28. The lowest BCUT2D eigenvalue weighted by Crippen LogP contribution is -2.17. The van der Waals surface area contributed by atoms with Gasteiger partial charge < -0.3 is 4.90 Å². The Morgan fingerprint density at radius 3 is 2.46 bits per heavy atom. The first-order valence-electron chi connectivity index (χ1n) is 4.32. The lowest BCUT2D eigenvalue weighted by molar-refractivity contribution is 0.318. The molecule has 3 nitrogen and oxygen atoms in total. The summed E-state index contributed by atoms with van der Waals surface area (Å²) in [4.78, 5) is 2.09. The average molecular weight is 180 g/mol. The van der Waals surface area contributed by atoms with Crippen molar-refractivity contribution in [1.29, 1.82) is 0 Å². The minimum Gasteiger partial charge on any atom is -0.303 e. The second kappa shape index (κ2) is 4.25. The van der Waals surface area contributed by atoms with Gasteiger partial charge in [0.05, 0.1) is 5.69 Å². The van der Waals surface area contributed by atoms with E-state index in [0.717, 1.165) is 11.3 Å². The van der Waals surface area contributed by atoms with Gasteiger partial charge in [-0.15, -0.1) is 0 Å². The maximum Gasteiger partial charge on any atom is 0.0649 e. The minimum absolute atomic E-state index is 0.288. The molecule has 0 bridgehead atoms. The number of anilines is 1. The van der Waals surface area contributed by atoms with E-state index in [4.69, 9.17) is 5.21 Å². The zero-order valence-electron chi connectivity index (χ0n) is 8.28. The standard InChI is InChI=1S/C10H16N2O/c1-8(12(2)3)9-6-4-5-7-10(9)11-13/h4-8,11,13H,1-3H3/t8-/m1/s1. The molecule has 13 heavy (non-hydrogen) atoms. The molecule has 72 valence electrons. The van der Waals surface area contributed by atoms with Gasteiger partial charge in [0.2, 0.25) is 0 Å². The van der Waals surface area contributed by atoms with E-state index in [-0.39, 0.29) is 6.04 Å². The molecule has 1 rings (SSSR count). The van der Waals surface area contributed by atoms with Gasteiger partial charge in [-0.3, -0.25) is 10.7 Å². The van der Waals surface area contributed by atoms with E-state index in [1.807, 2.05) is 38.4 Å². The third-order valence-corrected chi connectivity index (χ3v) is 2.31. The lowest BCUT2D eigenvalue weighted by atomic mass is 10.1. The Hall–Kier alpha value is -1.06. The minimum atomic E-state index is 0.288. The monoisotopic (exact) mass is 180 g/mol. The maximum absolute atomic E-state index is 8.88. The Morgan fingerprint density at radius 2 is 1.92 bits per heavy atom. The van der Waals surface area contributed by atoms with Gasteiger partial charge in [0.15, 0.2) is 0 Å². The van der Waals surface area contributed by atoms with Crippen molar-refractivity contribution in [1.82, 2.24) is 4.90 Å². The molecular weight excluding hydrogens is 164 g/mol. The molecule has 0 aromatic heterocycles. The van der Waals surface area contributed by atoms with Gasteiger partial charge in [0.1, 0.15) is 0 Å². The van der Waals surface area contributed by atoms with Crippen LogP contribution in [0.5, 0.6) is 0 Å². The fourth-order valence-electron chi connectivity index (χ4n) is 1.24. The normalized spacial score (nSPS) is 13.0. The van der Waals surface area contributed by atoms with E-state index in [1.54, 1.807) is 0 Å². The Kier molecular flexibility index (Phi) is 3.28. The van der Waals surface area contributed by atoms with Crippen LogP contribution in [0.3, 0.4) is 0 Å². The van der Waals surface area contributed by atoms with Crippen molar-refractivity contribution in [3.8, 4) is 0 Å². The van der Waals surface area contributed by atoms with Crippen LogP contribution in [0.2, 0.25) is 0 Å². The maximum atomic E-state index is 8.88. The molecule has 1 atom stereocenters. The van der Waals surface area contributed by atoms with Crippen LogP contribution in [0.15, 0.2) is 24.3 Å². The highest BCUT2D eigenvalue weighted by molar-refractivity contribution is 5.50. The summed E-state index contributed by atoms with van der Waals surface area (Å²) in [7, 11) is 4.03. The fourth-order valence-corrected chi connectivity index (χ4v) is 1.24. The van der Waals surface area contributed by atoms with Crippen molar-refractivity contribution in [3.63, 3.8) is 0 Å². The molecule has 0 radical (unpaired) electrons. The van der Waals surface area contributed by atoms with Gasteiger partial charge in [-0.25, -0.2) is 0 Å². The second-order valence-corrected chi connectivity index (χ2v) is 3.34. The second-order valence-electron chi connectivity index (χ2n) is 3.34. The van der Waals surface area contributed by atoms with Crippen LogP contribution < -0.4 is 5.48 Å². The van der Waals surface area contributed by atoms with Gasteiger partial charge in [-0.1, -0.05) is 18.2 Å². The molecular formula is C10H16N2O. The summed E-state index contributed by atoms with van der Waals surface area (Å²) in [6.07, 6.45) is 0. The van der Waals surface area contributed by atoms with Gasteiger partial charge in [-0.05, 0) is 32.6 Å². The van der Waals surface area contributed by atoms with E-state index >= 15 is 0 Å². The predicted octanol–water partition coefficient (Wildman–Crippen LogP) is 2.11. The summed E-state index contributed by atoms with van der Waals surface area (Å²) in [5, 5.41) is 8.88. The topological polar surface area (TPSA) is 35.5 Å². The molecule has 0 spiro atoms. The van der Waals surface area contributed by atoms with E-state index in [1.165, 1.54) is 0 Å². The molecule has 0 unspecified atom stereocenters. The number of nitrogens with one attached hydrogen (secondary N) is 1. The quantitative estimate of drug-likeness (QED) is 0.699. The molecule has 0 aliphatic rings. The number of nitrogens with zero attached hydrogens (tertiary/aromatic N) is 1. The Morgan fingerprint density at radius 1 is 1.31 bits per heavy atom. The van der Waals surface area contributed by atoms with Crippen LogP contribution in [-0.4, -0.2) is 24.2 Å². The van der Waals surface area contributed by atoms with E-state index in [2.05, 4.69) is 17.3 Å². The van der Waals surface area contributed by atoms with E-state index in [0.29, 0.717) is 0 Å². The SMILES string of the molecule is C[C@H](c1ccccc1NO)N(C)C. The van der Waals surface area contributed by atoms with E-state index < -0.39 is 0 Å². The van der Waals surface area contributed by atoms with Crippen LogP contribution in [0.25, 0.3) is 0 Å². The first-order valence-corrected chi connectivity index (χ1v) is 4.32. The van der Waals surface area contributed by atoms with Crippen LogP contribution in [0.4, 0.5) is 5.69 Å². The van der Waals surface area contributed by atoms with Crippen molar-refractivity contribution in [2.45, 2.75) is 13.0 Å². The van der Waals surface area contributed by atoms with E-state index in [9.17, 15) is 0 Å². The molecule has 3 heteroatoms. The molecule has 0 saturated carbocycles. The summed E-state index contributed by atoms with van der Waals surface area (Å²) in [6.45, 7) is 2.09. The molecule has 0 heterocycles. The smallest absolute Gasteiger partial charge is 0.0649 e. The molecule has 1 aromatic carbocycles. The van der Waals surface area contributed by atoms with Crippen molar-refractivity contribution >= 4 is 5.69 Å². The lowest BCUT2D eigenvalue weighted by Gasteiger charge is -2.22. The summed E-state index contributed by atoms with van der Waals surface area (Å²) in [5.74, 6) is 0. The van der Waals surface area contributed by atoms with Crippen LogP contribution in [-0.2, 0) is 0 Å². The van der Waals surface area contributed by atoms with Crippen molar-refractivity contribution < 1.29 is 5.21 Å². The number of hydrogen-bond donors (Lipinski definition) is 2. The fraction of sp³-hybridized carbons (Fsp3) is 0.400. The third kappa shape index (κ3) is 2.20. The third-order valence-electron chi connectivity index (χ3n) is 2.31. The first-order chi connectivity index (χ1) is 6.16. The Balaban J connectivity index is 2.98. The summed E-state index contributed by atoms with van der Waals surface area (Å²) >= 11 is 0. The van der Waals surface area contributed by atoms with Crippen LogP contribution >= 0.6 is 0 Å². The molecule has 0 fully saturated rings. The van der Waals surface area contributed by atoms with Gasteiger partial charge in [-0.2, -0.15) is 0 Å². The summed E-state index contributed by atoms with van der Waals surface area (Å²) in [5.41, 5.74) is 4.06. The number of rotatable bonds is 3. The summed E-state index contributed by atoms with van der Waals surface area (Å²) in [6, 6.07) is 8.01. The van der Waals surface area contributed by atoms with Gasteiger partial charge >= 0.3 is 0 Å².